The maximum atomic E-state index is 12.9. The second-order valence-electron chi connectivity index (χ2n) is 4.83. The van der Waals surface area contributed by atoms with Crippen LogP contribution >= 0.6 is 11.3 Å². The summed E-state index contributed by atoms with van der Waals surface area (Å²) in [5.41, 5.74) is 1.17. The molecule has 0 aliphatic rings. The van der Waals surface area contributed by atoms with Gasteiger partial charge in [0.1, 0.15) is 17.1 Å². The molecule has 0 fully saturated rings. The topological polar surface area (TPSA) is 73.8 Å². The van der Waals surface area contributed by atoms with E-state index in [0.717, 1.165) is 0 Å². The summed E-state index contributed by atoms with van der Waals surface area (Å²) in [6.07, 6.45) is 1.46. The Hall–Kier alpha value is -2.87. The van der Waals surface area contributed by atoms with Crippen LogP contribution in [0, 0.1) is 5.82 Å². The first-order valence-electron chi connectivity index (χ1n) is 6.72. The van der Waals surface area contributed by atoms with Crippen molar-refractivity contribution < 1.29 is 8.91 Å². The van der Waals surface area contributed by atoms with E-state index in [1.165, 1.54) is 34.4 Å². The van der Waals surface area contributed by atoms with Crippen molar-refractivity contribution in [2.75, 3.05) is 0 Å². The number of thiophene rings is 1. The SMILES string of the molecule is O=c1c2sccc2ncn1Cc1nc(-c2ccc(F)cc2)no1. The van der Waals surface area contributed by atoms with Gasteiger partial charge in [-0.2, -0.15) is 4.98 Å². The third-order valence-electron chi connectivity index (χ3n) is 3.31. The first-order chi connectivity index (χ1) is 11.2. The Morgan fingerprint density at radius 2 is 2.04 bits per heavy atom. The molecule has 0 bridgehead atoms. The van der Waals surface area contributed by atoms with Gasteiger partial charge in [-0.25, -0.2) is 9.37 Å². The lowest BCUT2D eigenvalue weighted by atomic mass is 10.2. The van der Waals surface area contributed by atoms with E-state index in [4.69, 9.17) is 4.52 Å². The Morgan fingerprint density at radius 1 is 1.22 bits per heavy atom. The molecule has 1 aromatic carbocycles. The van der Waals surface area contributed by atoms with Crippen LogP contribution in [-0.2, 0) is 6.54 Å². The minimum absolute atomic E-state index is 0.133. The average Bonchev–Trinajstić information content (AvgIpc) is 3.20. The molecule has 3 aromatic heterocycles. The van der Waals surface area contributed by atoms with Crippen molar-refractivity contribution in [1.29, 1.82) is 0 Å². The van der Waals surface area contributed by atoms with Crippen molar-refractivity contribution >= 4 is 21.6 Å². The Balaban J connectivity index is 1.65. The highest BCUT2D eigenvalue weighted by molar-refractivity contribution is 7.17. The number of halogens is 1. The van der Waals surface area contributed by atoms with E-state index in [2.05, 4.69) is 15.1 Å². The second-order valence-corrected chi connectivity index (χ2v) is 5.75. The highest BCUT2D eigenvalue weighted by atomic mass is 32.1. The van der Waals surface area contributed by atoms with Crippen LogP contribution in [-0.4, -0.2) is 19.7 Å². The number of benzene rings is 1. The van der Waals surface area contributed by atoms with Crippen LogP contribution in [0.3, 0.4) is 0 Å². The van der Waals surface area contributed by atoms with E-state index in [9.17, 15) is 9.18 Å². The van der Waals surface area contributed by atoms with Crippen molar-refractivity contribution in [3.63, 3.8) is 0 Å². The van der Waals surface area contributed by atoms with Gasteiger partial charge in [0.05, 0.1) is 11.8 Å². The van der Waals surface area contributed by atoms with Gasteiger partial charge >= 0.3 is 0 Å². The lowest BCUT2D eigenvalue weighted by Gasteiger charge is -2.00. The van der Waals surface area contributed by atoms with Crippen molar-refractivity contribution in [2.24, 2.45) is 0 Å². The monoisotopic (exact) mass is 328 g/mol. The summed E-state index contributed by atoms with van der Waals surface area (Å²) in [5.74, 6) is 0.293. The molecular weight excluding hydrogens is 319 g/mol. The van der Waals surface area contributed by atoms with Gasteiger partial charge in [0.25, 0.3) is 5.56 Å². The zero-order valence-electron chi connectivity index (χ0n) is 11.6. The lowest BCUT2D eigenvalue weighted by molar-refractivity contribution is 0.369. The Bertz CT molecular complexity index is 1040. The predicted octanol–water partition coefficient (Wildman–Crippen LogP) is 2.70. The van der Waals surface area contributed by atoms with Gasteiger partial charge in [0, 0.05) is 5.56 Å². The molecule has 3 heterocycles. The first-order valence-corrected chi connectivity index (χ1v) is 7.60. The highest BCUT2D eigenvalue weighted by Gasteiger charge is 2.12. The standard InChI is InChI=1S/C15H9FN4O2S/c16-10-3-1-9(2-4-10)14-18-12(22-19-14)7-20-8-17-11-5-6-23-13(11)15(20)21/h1-6,8H,7H2. The van der Waals surface area contributed by atoms with Crippen LogP contribution in [0.4, 0.5) is 4.39 Å². The van der Waals surface area contributed by atoms with E-state index in [0.29, 0.717) is 21.6 Å². The minimum atomic E-state index is -0.334. The lowest BCUT2D eigenvalue weighted by Crippen LogP contribution is -2.20. The molecule has 0 aliphatic carbocycles. The van der Waals surface area contributed by atoms with Gasteiger partial charge in [-0.15, -0.1) is 11.3 Å². The molecule has 4 rings (SSSR count). The summed E-state index contributed by atoms with van der Waals surface area (Å²) in [7, 11) is 0. The quantitative estimate of drug-likeness (QED) is 0.578. The average molecular weight is 328 g/mol. The van der Waals surface area contributed by atoms with Crippen LogP contribution in [0.2, 0.25) is 0 Å². The zero-order chi connectivity index (χ0) is 15.8. The van der Waals surface area contributed by atoms with Crippen LogP contribution in [0.1, 0.15) is 5.89 Å². The summed E-state index contributed by atoms with van der Waals surface area (Å²) in [4.78, 5) is 20.8. The second kappa shape index (κ2) is 5.40. The summed E-state index contributed by atoms with van der Waals surface area (Å²) in [6, 6.07) is 7.57. The predicted molar refractivity (Wildman–Crippen MR) is 82.7 cm³/mol. The Kier molecular flexibility index (Phi) is 3.23. The molecule has 0 radical (unpaired) electrons. The maximum absolute atomic E-state index is 12.9. The summed E-state index contributed by atoms with van der Waals surface area (Å²) < 4.78 is 20.1. The fourth-order valence-electron chi connectivity index (χ4n) is 2.17. The zero-order valence-corrected chi connectivity index (χ0v) is 12.5. The van der Waals surface area contributed by atoms with Gasteiger partial charge < -0.3 is 4.52 Å². The Morgan fingerprint density at radius 3 is 2.87 bits per heavy atom. The Labute approximate surface area is 132 Å². The molecule has 0 amide bonds. The number of nitrogens with zero attached hydrogens (tertiary/aromatic N) is 4. The molecule has 0 spiro atoms. The maximum Gasteiger partial charge on any atom is 0.271 e. The molecule has 0 aliphatic heterocycles. The van der Waals surface area contributed by atoms with Gasteiger partial charge in [0.15, 0.2) is 0 Å². The fraction of sp³-hybridized carbons (Fsp3) is 0.0667. The third-order valence-corrected chi connectivity index (χ3v) is 4.20. The van der Waals surface area contributed by atoms with Crippen molar-refractivity contribution in [2.45, 2.75) is 6.54 Å². The minimum Gasteiger partial charge on any atom is -0.337 e. The molecular formula is C15H9FN4O2S. The number of aromatic nitrogens is 4. The molecule has 4 aromatic rings. The summed E-state index contributed by atoms with van der Waals surface area (Å²) in [5, 5.41) is 5.67. The smallest absolute Gasteiger partial charge is 0.271 e. The number of fused-ring (bicyclic) bond motifs is 1. The van der Waals surface area contributed by atoms with Gasteiger partial charge in [-0.1, -0.05) is 5.16 Å². The molecule has 0 atom stereocenters. The van der Waals surface area contributed by atoms with E-state index >= 15 is 0 Å². The molecule has 23 heavy (non-hydrogen) atoms. The highest BCUT2D eigenvalue weighted by Crippen LogP contribution is 2.17. The molecule has 0 saturated carbocycles. The molecule has 0 N–H and O–H groups in total. The molecule has 0 unspecified atom stereocenters. The van der Waals surface area contributed by atoms with Crippen molar-refractivity contribution in [3.05, 3.63) is 64.1 Å². The molecule has 6 nitrogen and oxygen atoms in total. The molecule has 8 heteroatoms. The van der Waals surface area contributed by atoms with Crippen LogP contribution in [0.15, 0.2) is 51.4 Å². The summed E-state index contributed by atoms with van der Waals surface area (Å²) in [6.45, 7) is 0.133. The van der Waals surface area contributed by atoms with Gasteiger partial charge in [-0.05, 0) is 35.7 Å². The normalized spacial score (nSPS) is 11.2. The largest absolute Gasteiger partial charge is 0.337 e. The number of hydrogen-bond donors (Lipinski definition) is 0. The van der Waals surface area contributed by atoms with E-state index in [-0.39, 0.29) is 23.8 Å². The summed E-state index contributed by atoms with van der Waals surface area (Å²) >= 11 is 1.34. The van der Waals surface area contributed by atoms with Gasteiger partial charge in [-0.3, -0.25) is 9.36 Å². The first kappa shape index (κ1) is 13.8. The van der Waals surface area contributed by atoms with Crippen molar-refractivity contribution in [1.82, 2.24) is 19.7 Å². The van der Waals surface area contributed by atoms with Crippen molar-refractivity contribution in [3.8, 4) is 11.4 Å². The number of rotatable bonds is 3. The molecule has 0 saturated heterocycles. The van der Waals surface area contributed by atoms with E-state index in [1.54, 1.807) is 18.2 Å². The number of hydrogen-bond acceptors (Lipinski definition) is 6. The van der Waals surface area contributed by atoms with E-state index in [1.807, 2.05) is 5.38 Å². The van der Waals surface area contributed by atoms with Crippen LogP contribution in [0.5, 0.6) is 0 Å². The third kappa shape index (κ3) is 2.53. The molecule has 114 valence electrons. The van der Waals surface area contributed by atoms with Crippen LogP contribution < -0.4 is 5.56 Å². The van der Waals surface area contributed by atoms with Crippen LogP contribution in [0.25, 0.3) is 21.6 Å². The fourth-order valence-corrected chi connectivity index (χ4v) is 2.97. The van der Waals surface area contributed by atoms with Gasteiger partial charge in [0.2, 0.25) is 11.7 Å². The van der Waals surface area contributed by atoms with E-state index < -0.39 is 0 Å².